The molecule has 0 saturated heterocycles. The number of thioether (sulfide) groups is 1. The van der Waals surface area contributed by atoms with Gasteiger partial charge < -0.3 is 9.64 Å². The van der Waals surface area contributed by atoms with Crippen molar-refractivity contribution in [1.82, 2.24) is 5.32 Å². The predicted molar refractivity (Wildman–Crippen MR) is 89.1 cm³/mol. The quantitative estimate of drug-likeness (QED) is 0.644. The van der Waals surface area contributed by atoms with Crippen molar-refractivity contribution in [2.75, 3.05) is 23.7 Å². The van der Waals surface area contributed by atoms with Gasteiger partial charge in [-0.25, -0.2) is 4.79 Å². The molecular formula is C14H21N3O2S2. The van der Waals surface area contributed by atoms with Gasteiger partial charge in [-0.2, -0.15) is 0 Å². The van der Waals surface area contributed by atoms with Gasteiger partial charge in [0.25, 0.3) is 0 Å². The Morgan fingerprint density at radius 3 is 2.86 bits per heavy atom. The molecule has 0 bridgehead atoms. The largest absolute Gasteiger partial charge is 0.444 e. The van der Waals surface area contributed by atoms with Gasteiger partial charge in [0.1, 0.15) is 11.4 Å². The Balaban J connectivity index is 2.07. The first-order valence-corrected chi connectivity index (χ1v) is 8.71. The molecule has 1 aliphatic rings. The maximum atomic E-state index is 11.7. The normalized spacial score (nSPS) is 14.6. The summed E-state index contributed by atoms with van der Waals surface area (Å²) in [7, 11) is 0. The summed E-state index contributed by atoms with van der Waals surface area (Å²) in [5, 5.41) is 10.5. The first-order chi connectivity index (χ1) is 9.80. The number of rotatable bonds is 2. The van der Waals surface area contributed by atoms with Crippen molar-refractivity contribution in [2.45, 2.75) is 37.5 Å². The van der Waals surface area contributed by atoms with E-state index in [1.54, 1.807) is 32.1 Å². The van der Waals surface area contributed by atoms with E-state index in [9.17, 15) is 4.79 Å². The van der Waals surface area contributed by atoms with Crippen molar-refractivity contribution in [2.24, 2.45) is 0 Å². The van der Waals surface area contributed by atoms with E-state index in [1.165, 1.54) is 9.90 Å². The van der Waals surface area contributed by atoms with Crippen LogP contribution in [0.15, 0.2) is 10.3 Å². The molecule has 1 amide bonds. The van der Waals surface area contributed by atoms with Crippen LogP contribution in [0, 0.1) is 5.41 Å². The molecule has 0 aromatic carbocycles. The van der Waals surface area contributed by atoms with Crippen molar-refractivity contribution in [3.05, 3.63) is 10.9 Å². The number of hydrogen-bond acceptors (Lipinski definition) is 6. The summed E-state index contributed by atoms with van der Waals surface area (Å²) in [6.45, 7) is 9.51. The van der Waals surface area contributed by atoms with Crippen LogP contribution in [0.3, 0.4) is 0 Å². The molecule has 0 aliphatic carbocycles. The number of anilines is 1. The van der Waals surface area contributed by atoms with Crippen LogP contribution < -0.4 is 10.2 Å². The number of nitrogens with one attached hydrogen (secondary N) is 2. The highest BCUT2D eigenvalue weighted by Gasteiger charge is 2.23. The molecular weight excluding hydrogens is 306 g/mol. The Kier molecular flexibility index (Phi) is 4.83. The standard InChI is InChI=1S/C14H21N3O2S2/c1-5-17-6-7-20-12-9(17)8-10(21-12)11(15)16-13(18)19-14(2,3)4/h8H,5-7H2,1-4H3,(H2,15,16,18). The van der Waals surface area contributed by atoms with Gasteiger partial charge in [0.2, 0.25) is 0 Å². The number of amides is 1. The zero-order valence-corrected chi connectivity index (χ0v) is 14.4. The van der Waals surface area contributed by atoms with Crippen molar-refractivity contribution in [3.63, 3.8) is 0 Å². The molecule has 7 heteroatoms. The lowest BCUT2D eigenvalue weighted by Gasteiger charge is -2.26. The lowest BCUT2D eigenvalue weighted by atomic mass is 10.2. The van der Waals surface area contributed by atoms with Gasteiger partial charge in [-0.1, -0.05) is 0 Å². The van der Waals surface area contributed by atoms with E-state index in [1.807, 2.05) is 17.8 Å². The van der Waals surface area contributed by atoms with E-state index < -0.39 is 11.7 Å². The number of amidine groups is 1. The van der Waals surface area contributed by atoms with E-state index in [-0.39, 0.29) is 5.84 Å². The summed E-state index contributed by atoms with van der Waals surface area (Å²) in [5.41, 5.74) is 0.609. The molecule has 0 spiro atoms. The summed E-state index contributed by atoms with van der Waals surface area (Å²) in [6, 6.07) is 1.98. The molecule has 21 heavy (non-hydrogen) atoms. The summed E-state index contributed by atoms with van der Waals surface area (Å²) < 4.78 is 6.39. The van der Waals surface area contributed by atoms with Crippen LogP contribution in [-0.4, -0.2) is 36.4 Å². The van der Waals surface area contributed by atoms with Crippen molar-refractivity contribution >= 4 is 40.7 Å². The van der Waals surface area contributed by atoms with E-state index in [2.05, 4.69) is 17.1 Å². The average molecular weight is 327 g/mol. The summed E-state index contributed by atoms with van der Waals surface area (Å²) in [5.74, 6) is 1.16. The van der Waals surface area contributed by atoms with Gasteiger partial charge in [-0.15, -0.1) is 23.1 Å². The molecule has 0 saturated carbocycles. The maximum absolute atomic E-state index is 11.7. The van der Waals surface area contributed by atoms with Crippen LogP contribution in [0.1, 0.15) is 32.6 Å². The molecule has 0 unspecified atom stereocenters. The van der Waals surface area contributed by atoms with Crippen LogP contribution in [0.4, 0.5) is 10.5 Å². The van der Waals surface area contributed by atoms with Gasteiger partial charge >= 0.3 is 6.09 Å². The smallest absolute Gasteiger partial charge is 0.413 e. The monoisotopic (exact) mass is 327 g/mol. The van der Waals surface area contributed by atoms with E-state index in [0.717, 1.165) is 23.7 Å². The van der Waals surface area contributed by atoms with Crippen molar-refractivity contribution in [1.29, 1.82) is 5.41 Å². The number of carbonyl (C=O) groups excluding carboxylic acids is 1. The molecule has 2 heterocycles. The van der Waals surface area contributed by atoms with Crippen LogP contribution in [0.25, 0.3) is 0 Å². The fourth-order valence-electron chi connectivity index (χ4n) is 1.98. The summed E-state index contributed by atoms with van der Waals surface area (Å²) in [6.07, 6.45) is -0.584. The minimum absolute atomic E-state index is 0.0975. The van der Waals surface area contributed by atoms with E-state index in [4.69, 9.17) is 10.1 Å². The number of ether oxygens (including phenoxy) is 1. The fourth-order valence-corrected chi connectivity index (χ4v) is 4.38. The molecule has 2 N–H and O–H groups in total. The highest BCUT2D eigenvalue weighted by Crippen LogP contribution is 2.41. The minimum atomic E-state index is -0.584. The Bertz CT molecular complexity index is 549. The van der Waals surface area contributed by atoms with Gasteiger partial charge in [-0.3, -0.25) is 10.7 Å². The summed E-state index contributed by atoms with van der Waals surface area (Å²) in [4.78, 5) is 14.8. The van der Waals surface area contributed by atoms with Crippen LogP contribution >= 0.6 is 23.1 Å². The second kappa shape index (κ2) is 6.27. The first kappa shape index (κ1) is 16.2. The zero-order valence-electron chi connectivity index (χ0n) is 12.8. The van der Waals surface area contributed by atoms with Gasteiger partial charge in [-0.05, 0) is 33.8 Å². The van der Waals surface area contributed by atoms with Crippen LogP contribution in [0.5, 0.6) is 0 Å². The number of thiophene rings is 1. The molecule has 1 aliphatic heterocycles. The topological polar surface area (TPSA) is 65.4 Å². The third kappa shape index (κ3) is 4.14. The number of hydrogen-bond donors (Lipinski definition) is 2. The van der Waals surface area contributed by atoms with Crippen LogP contribution in [-0.2, 0) is 4.74 Å². The second-order valence-electron chi connectivity index (χ2n) is 5.71. The molecule has 2 rings (SSSR count). The first-order valence-electron chi connectivity index (χ1n) is 6.90. The second-order valence-corrected chi connectivity index (χ2v) is 8.13. The molecule has 0 fully saturated rings. The highest BCUT2D eigenvalue weighted by atomic mass is 32.2. The maximum Gasteiger partial charge on any atom is 0.413 e. The summed E-state index contributed by atoms with van der Waals surface area (Å²) >= 11 is 3.36. The Morgan fingerprint density at radius 2 is 2.24 bits per heavy atom. The number of nitrogens with zero attached hydrogens (tertiary/aromatic N) is 1. The van der Waals surface area contributed by atoms with Gasteiger partial charge in [0.15, 0.2) is 0 Å². The van der Waals surface area contributed by atoms with E-state index >= 15 is 0 Å². The molecule has 116 valence electrons. The van der Waals surface area contributed by atoms with Gasteiger partial charge in [0, 0.05) is 18.8 Å². The number of alkyl carbamates (subject to hydrolysis) is 1. The van der Waals surface area contributed by atoms with Gasteiger partial charge in [0.05, 0.1) is 14.8 Å². The molecule has 1 aromatic rings. The Labute approximate surface area is 133 Å². The van der Waals surface area contributed by atoms with Crippen molar-refractivity contribution in [3.8, 4) is 0 Å². The highest BCUT2D eigenvalue weighted by molar-refractivity contribution is 8.01. The average Bonchev–Trinajstić information content (AvgIpc) is 2.79. The molecule has 0 radical (unpaired) electrons. The fraction of sp³-hybridized carbons (Fsp3) is 0.571. The molecule has 0 atom stereocenters. The van der Waals surface area contributed by atoms with Crippen LogP contribution in [0.2, 0.25) is 0 Å². The van der Waals surface area contributed by atoms with Crippen molar-refractivity contribution < 1.29 is 9.53 Å². The molecule has 5 nitrogen and oxygen atoms in total. The Hall–Kier alpha value is -1.21. The lowest BCUT2D eigenvalue weighted by Crippen LogP contribution is -2.36. The number of fused-ring (bicyclic) bond motifs is 1. The number of carbonyl (C=O) groups is 1. The molecule has 1 aromatic heterocycles. The third-order valence-electron chi connectivity index (χ3n) is 2.87. The third-order valence-corrected chi connectivity index (χ3v) is 5.27. The zero-order chi connectivity index (χ0) is 15.6. The minimum Gasteiger partial charge on any atom is -0.444 e. The SMILES string of the molecule is CCN1CCSc2sc(C(=N)NC(=O)OC(C)(C)C)cc21. The predicted octanol–water partition coefficient (Wildman–Crippen LogP) is 3.53. The lowest BCUT2D eigenvalue weighted by molar-refractivity contribution is 0.0563. The van der Waals surface area contributed by atoms with E-state index in [0.29, 0.717) is 0 Å². The Morgan fingerprint density at radius 1 is 1.52 bits per heavy atom.